The highest BCUT2D eigenvalue weighted by molar-refractivity contribution is 5.97. The van der Waals surface area contributed by atoms with Crippen LogP contribution in [-0.2, 0) is 19.1 Å². The number of ether oxygens (including phenoxy) is 2. The highest BCUT2D eigenvalue weighted by Gasteiger charge is 2.61. The second-order valence-corrected chi connectivity index (χ2v) is 12.6. The Morgan fingerprint density at radius 1 is 1.05 bits per heavy atom. The summed E-state index contributed by atoms with van der Waals surface area (Å²) in [6.07, 6.45) is 10.3. The van der Waals surface area contributed by atoms with Crippen LogP contribution in [-0.4, -0.2) is 30.9 Å². The van der Waals surface area contributed by atoms with E-state index in [2.05, 4.69) is 26.8 Å². The van der Waals surface area contributed by atoms with Crippen LogP contribution in [0.2, 0.25) is 0 Å². The molecule has 0 amide bonds. The molecule has 5 rings (SSSR count). The predicted molar refractivity (Wildman–Crippen MR) is 142 cm³/mol. The summed E-state index contributed by atoms with van der Waals surface area (Å²) in [6.45, 7) is 6.80. The smallest absolute Gasteiger partial charge is 0.338 e. The van der Waals surface area contributed by atoms with Gasteiger partial charge in [0.15, 0.2) is 5.78 Å². The molecule has 0 bridgehead atoms. The lowest BCUT2D eigenvalue weighted by molar-refractivity contribution is -0.141. The van der Waals surface area contributed by atoms with Gasteiger partial charge in [0.2, 0.25) is 0 Å². The predicted octanol–water partition coefficient (Wildman–Crippen LogP) is 6.56. The molecule has 4 aliphatic rings. The molecule has 8 atom stereocenters. The van der Waals surface area contributed by atoms with Gasteiger partial charge in [0.05, 0.1) is 12.7 Å². The Bertz CT molecular complexity index is 1080. The fourth-order valence-corrected chi connectivity index (χ4v) is 8.77. The summed E-state index contributed by atoms with van der Waals surface area (Å²) in [4.78, 5) is 38.3. The van der Waals surface area contributed by atoms with Crippen LogP contribution in [0.1, 0.15) is 88.9 Å². The Morgan fingerprint density at radius 2 is 1.81 bits per heavy atom. The number of hydrogen-bond donors (Lipinski definition) is 0. The van der Waals surface area contributed by atoms with E-state index in [0.29, 0.717) is 47.4 Å². The highest BCUT2D eigenvalue weighted by atomic mass is 16.5. The molecule has 4 aliphatic carbocycles. The molecule has 0 heterocycles. The van der Waals surface area contributed by atoms with Crippen LogP contribution in [0, 0.1) is 40.4 Å². The molecule has 0 radical (unpaired) electrons. The molecule has 3 saturated carbocycles. The van der Waals surface area contributed by atoms with Gasteiger partial charge < -0.3 is 9.47 Å². The van der Waals surface area contributed by atoms with Gasteiger partial charge in [0, 0.05) is 11.8 Å². The van der Waals surface area contributed by atoms with E-state index in [-0.39, 0.29) is 28.9 Å². The van der Waals surface area contributed by atoms with E-state index in [9.17, 15) is 14.4 Å². The average Bonchev–Trinajstić information content (AvgIpc) is 3.27. The van der Waals surface area contributed by atoms with Gasteiger partial charge in [-0.2, -0.15) is 0 Å². The third kappa shape index (κ3) is 4.46. The third-order valence-electron chi connectivity index (χ3n) is 11.0. The van der Waals surface area contributed by atoms with E-state index in [4.69, 9.17) is 9.47 Å². The quantitative estimate of drug-likeness (QED) is 0.409. The van der Waals surface area contributed by atoms with Gasteiger partial charge in [0.25, 0.3) is 0 Å². The largest absolute Gasteiger partial charge is 0.469 e. The number of fused-ring (bicyclic) bond motifs is 5. The Labute approximate surface area is 221 Å². The number of esters is 2. The summed E-state index contributed by atoms with van der Waals surface area (Å²) < 4.78 is 10.8. The molecule has 0 aromatic heterocycles. The van der Waals surface area contributed by atoms with Gasteiger partial charge in [-0.05, 0) is 105 Å². The molecule has 0 aliphatic heterocycles. The maximum absolute atomic E-state index is 13.9. The summed E-state index contributed by atoms with van der Waals surface area (Å²) in [5, 5.41) is 0. The number of carbonyl (C=O) groups excluding carboxylic acids is 3. The molecule has 0 saturated heterocycles. The Balaban J connectivity index is 1.31. The maximum Gasteiger partial charge on any atom is 0.338 e. The topological polar surface area (TPSA) is 69.7 Å². The fourth-order valence-electron chi connectivity index (χ4n) is 8.77. The molecule has 5 nitrogen and oxygen atoms in total. The van der Waals surface area contributed by atoms with Crippen molar-refractivity contribution in [3.05, 3.63) is 47.5 Å². The first-order chi connectivity index (χ1) is 17.7. The van der Waals surface area contributed by atoms with Crippen LogP contribution >= 0.6 is 0 Å². The van der Waals surface area contributed by atoms with Crippen LogP contribution in [0.4, 0.5) is 0 Å². The minimum Gasteiger partial charge on any atom is -0.469 e. The molecular formula is C32H42O5. The van der Waals surface area contributed by atoms with Crippen molar-refractivity contribution in [2.75, 3.05) is 7.11 Å². The molecule has 5 heteroatoms. The maximum atomic E-state index is 13.9. The summed E-state index contributed by atoms with van der Waals surface area (Å²) in [5.41, 5.74) is 1.65. The lowest BCUT2D eigenvalue weighted by atomic mass is 9.48. The van der Waals surface area contributed by atoms with E-state index >= 15 is 0 Å². The van der Waals surface area contributed by atoms with Crippen LogP contribution in [0.5, 0.6) is 0 Å². The first-order valence-corrected chi connectivity index (χ1v) is 14.3. The molecule has 1 aromatic carbocycles. The average molecular weight is 507 g/mol. The number of benzene rings is 1. The van der Waals surface area contributed by atoms with Gasteiger partial charge in [-0.15, -0.1) is 0 Å². The first kappa shape index (κ1) is 26.2. The molecule has 0 spiro atoms. The number of allylic oxidation sites excluding steroid dienone is 2. The highest BCUT2D eigenvalue weighted by Crippen LogP contribution is 2.65. The van der Waals surface area contributed by atoms with Gasteiger partial charge in [-0.3, -0.25) is 9.59 Å². The van der Waals surface area contributed by atoms with Gasteiger partial charge >= 0.3 is 11.9 Å². The molecule has 200 valence electrons. The second-order valence-electron chi connectivity index (χ2n) is 12.6. The zero-order chi connectivity index (χ0) is 26.4. The third-order valence-corrected chi connectivity index (χ3v) is 11.0. The van der Waals surface area contributed by atoms with Crippen molar-refractivity contribution >= 4 is 17.7 Å². The molecule has 1 unspecified atom stereocenters. The van der Waals surface area contributed by atoms with Gasteiger partial charge in [0.1, 0.15) is 6.10 Å². The molecule has 37 heavy (non-hydrogen) atoms. The van der Waals surface area contributed by atoms with Crippen molar-refractivity contribution in [3.63, 3.8) is 0 Å². The zero-order valence-electron chi connectivity index (χ0n) is 22.8. The molecule has 3 fully saturated rings. The minimum atomic E-state index is -0.338. The Morgan fingerprint density at radius 3 is 2.54 bits per heavy atom. The van der Waals surface area contributed by atoms with Crippen molar-refractivity contribution < 1.29 is 23.9 Å². The standard InChI is InChI=1S/C32H42O5/c1-20(10-15-29(34)36-4)25-13-14-26-24-12-11-22-18-23(37-30(35)21-8-6-5-7-9-21)16-17-31(22,2)27(24)19-28(33)32(25,26)3/h5-9,19-20,22-26H,10-18H2,1-4H3/t20-,22-,23-,24+,25?,26+,31+,32-/m1/s1. The van der Waals surface area contributed by atoms with E-state index < -0.39 is 0 Å². The van der Waals surface area contributed by atoms with E-state index in [1.807, 2.05) is 18.2 Å². The van der Waals surface area contributed by atoms with Gasteiger partial charge in [-0.25, -0.2) is 4.79 Å². The van der Waals surface area contributed by atoms with Crippen molar-refractivity contribution in [2.45, 2.75) is 84.7 Å². The number of rotatable bonds is 6. The number of ketones is 1. The monoisotopic (exact) mass is 506 g/mol. The molecule has 0 N–H and O–H groups in total. The normalized spacial score (nSPS) is 37.5. The number of carbonyl (C=O) groups is 3. The van der Waals surface area contributed by atoms with Crippen LogP contribution < -0.4 is 0 Å². The van der Waals surface area contributed by atoms with Crippen LogP contribution in [0.25, 0.3) is 0 Å². The first-order valence-electron chi connectivity index (χ1n) is 14.3. The SMILES string of the molecule is COC(=O)CC[C@@H](C)C1CC[C@H]2[C@@H]3CC[C@@H]4C[C@H](OC(=O)c5ccccc5)CC[C@]4(C)C3=CC(=O)[C@]12C. The minimum absolute atomic E-state index is 0.00411. The van der Waals surface area contributed by atoms with Crippen molar-refractivity contribution in [1.29, 1.82) is 0 Å². The summed E-state index contributed by atoms with van der Waals surface area (Å²) in [6, 6.07) is 9.25. The van der Waals surface area contributed by atoms with Crippen LogP contribution in [0.15, 0.2) is 42.0 Å². The summed E-state index contributed by atoms with van der Waals surface area (Å²) >= 11 is 0. The fraction of sp³-hybridized carbons (Fsp3) is 0.656. The lowest BCUT2D eigenvalue weighted by Gasteiger charge is -2.56. The zero-order valence-corrected chi connectivity index (χ0v) is 22.8. The van der Waals surface area contributed by atoms with E-state index in [1.54, 1.807) is 12.1 Å². The van der Waals surface area contributed by atoms with Gasteiger partial charge in [-0.1, -0.05) is 44.5 Å². The summed E-state index contributed by atoms with van der Waals surface area (Å²) in [5.74, 6) is 1.81. The van der Waals surface area contributed by atoms with Crippen molar-refractivity contribution in [3.8, 4) is 0 Å². The second kappa shape index (κ2) is 10.0. The lowest BCUT2D eigenvalue weighted by Crippen LogP contribution is -2.52. The van der Waals surface area contributed by atoms with Crippen molar-refractivity contribution in [2.24, 2.45) is 40.4 Å². The Kier molecular flexibility index (Phi) is 7.10. The summed E-state index contributed by atoms with van der Waals surface area (Å²) in [7, 11) is 1.44. The van der Waals surface area contributed by atoms with E-state index in [1.165, 1.54) is 12.7 Å². The number of methoxy groups -OCH3 is 1. The van der Waals surface area contributed by atoms with Crippen molar-refractivity contribution in [1.82, 2.24) is 0 Å². The van der Waals surface area contributed by atoms with Crippen LogP contribution in [0.3, 0.4) is 0 Å². The number of hydrogen-bond acceptors (Lipinski definition) is 5. The molecule has 1 aromatic rings. The molecular weight excluding hydrogens is 464 g/mol. The Hall–Kier alpha value is -2.43. The van der Waals surface area contributed by atoms with E-state index in [0.717, 1.165) is 51.4 Å².